The highest BCUT2D eigenvalue weighted by molar-refractivity contribution is 5.91. The van der Waals surface area contributed by atoms with Crippen molar-refractivity contribution in [2.24, 2.45) is 5.92 Å². The number of carbonyl (C=O) groups excluding carboxylic acids is 1. The number of unbranched alkanes of at least 4 members (excludes halogenated alkanes) is 1. The molecule has 1 aromatic heterocycles. The maximum absolute atomic E-state index is 12.7. The van der Waals surface area contributed by atoms with Crippen LogP contribution < -0.4 is 5.32 Å². The maximum atomic E-state index is 12.7. The molecule has 0 unspecified atom stereocenters. The highest BCUT2D eigenvalue weighted by Crippen LogP contribution is 2.50. The Balaban J connectivity index is 1.19. The van der Waals surface area contributed by atoms with E-state index in [4.69, 9.17) is 14.3 Å². The molecule has 0 spiro atoms. The third-order valence-electron chi connectivity index (χ3n) is 8.24. The number of oxazole rings is 1. The van der Waals surface area contributed by atoms with Gasteiger partial charge >= 0.3 is 5.97 Å². The Morgan fingerprint density at radius 3 is 2.68 bits per heavy atom. The molecule has 1 aliphatic carbocycles. The number of carbonyl (C=O) groups is 2. The summed E-state index contributed by atoms with van der Waals surface area (Å²) in [7, 11) is 0. The van der Waals surface area contributed by atoms with Crippen molar-refractivity contribution < 1.29 is 23.8 Å². The fourth-order valence-corrected chi connectivity index (χ4v) is 6.33. The number of nitrogens with zero attached hydrogens (tertiary/aromatic N) is 1. The molecular formula is C30H38N2O5. The van der Waals surface area contributed by atoms with Gasteiger partial charge in [-0.1, -0.05) is 42.3 Å². The zero-order valence-electron chi connectivity index (χ0n) is 21.5. The summed E-state index contributed by atoms with van der Waals surface area (Å²) in [4.78, 5) is 28.4. The van der Waals surface area contributed by atoms with E-state index >= 15 is 0 Å². The normalized spacial score (nSPS) is 24.8. The van der Waals surface area contributed by atoms with Gasteiger partial charge in [-0.2, -0.15) is 0 Å². The number of hydrogen-bond acceptors (Lipinski definition) is 5. The number of nitrogens with one attached hydrogen (secondary N) is 1. The van der Waals surface area contributed by atoms with Crippen LogP contribution in [0.2, 0.25) is 0 Å². The number of rotatable bonds is 11. The molecule has 2 bridgehead atoms. The topological polar surface area (TPSA) is 102 Å². The van der Waals surface area contributed by atoms with Crippen molar-refractivity contribution in [3.63, 3.8) is 0 Å². The van der Waals surface area contributed by atoms with E-state index in [0.29, 0.717) is 24.6 Å². The minimum Gasteiger partial charge on any atom is -0.481 e. The molecule has 2 N–H and O–H groups in total. The Morgan fingerprint density at radius 2 is 1.86 bits per heavy atom. The van der Waals surface area contributed by atoms with Crippen LogP contribution in [-0.4, -0.2) is 40.7 Å². The Hall–Kier alpha value is -2.93. The average Bonchev–Trinajstić information content (AvgIpc) is 3.65. The molecule has 2 aliphatic heterocycles. The van der Waals surface area contributed by atoms with Gasteiger partial charge in [0.15, 0.2) is 5.69 Å². The van der Waals surface area contributed by atoms with Crippen LogP contribution in [0.4, 0.5) is 0 Å². The van der Waals surface area contributed by atoms with Crippen molar-refractivity contribution in [2.45, 2.75) is 95.2 Å². The van der Waals surface area contributed by atoms with Gasteiger partial charge in [-0.3, -0.25) is 9.59 Å². The number of aliphatic carboxylic acids is 1. The summed E-state index contributed by atoms with van der Waals surface area (Å²) in [6.07, 6.45) is 15.7. The number of fused-ring (bicyclic) bond motifs is 2. The van der Waals surface area contributed by atoms with Gasteiger partial charge in [0.25, 0.3) is 5.91 Å². The third-order valence-corrected chi connectivity index (χ3v) is 8.24. The minimum absolute atomic E-state index is 0.00468. The molecule has 198 valence electrons. The van der Waals surface area contributed by atoms with Crippen molar-refractivity contribution in [2.75, 3.05) is 6.54 Å². The molecule has 2 saturated heterocycles. The molecule has 7 heteroatoms. The fourth-order valence-electron chi connectivity index (χ4n) is 6.33. The van der Waals surface area contributed by atoms with Gasteiger partial charge in [-0.05, 0) is 75.3 Å². The van der Waals surface area contributed by atoms with Gasteiger partial charge in [0.1, 0.15) is 6.26 Å². The van der Waals surface area contributed by atoms with Crippen LogP contribution in [0, 0.1) is 5.92 Å². The number of ether oxygens (including phenoxy) is 1. The SMILES string of the molecule is O=C(O)CCc1ccccc1C[C@@H]1[C@H](c2nc(C(=O)NCCCC=C3CCCCC3)co2)[C@H]2CC[C@@H]1O2. The molecule has 37 heavy (non-hydrogen) atoms. The maximum Gasteiger partial charge on any atom is 0.303 e. The summed E-state index contributed by atoms with van der Waals surface area (Å²) in [5.74, 6) is -0.225. The molecule has 1 saturated carbocycles. The molecule has 1 aromatic carbocycles. The van der Waals surface area contributed by atoms with Crippen molar-refractivity contribution in [3.05, 3.63) is 64.9 Å². The number of aromatic nitrogens is 1. The molecule has 3 aliphatic rings. The first-order valence-electron chi connectivity index (χ1n) is 13.9. The molecule has 3 heterocycles. The summed E-state index contributed by atoms with van der Waals surface area (Å²) >= 11 is 0. The monoisotopic (exact) mass is 506 g/mol. The third kappa shape index (κ3) is 6.32. The first-order valence-corrected chi connectivity index (χ1v) is 13.9. The second-order valence-electron chi connectivity index (χ2n) is 10.7. The summed E-state index contributed by atoms with van der Waals surface area (Å²) < 4.78 is 12.1. The summed E-state index contributed by atoms with van der Waals surface area (Å²) in [6.45, 7) is 0.623. The van der Waals surface area contributed by atoms with E-state index in [-0.39, 0.29) is 36.4 Å². The van der Waals surface area contributed by atoms with Gasteiger partial charge in [0, 0.05) is 18.9 Å². The zero-order chi connectivity index (χ0) is 25.6. The number of carboxylic acid groups (broad SMARTS) is 1. The summed E-state index contributed by atoms with van der Waals surface area (Å²) in [5, 5.41) is 12.1. The van der Waals surface area contributed by atoms with Crippen LogP contribution in [0.5, 0.6) is 0 Å². The van der Waals surface area contributed by atoms with Crippen LogP contribution in [0.3, 0.4) is 0 Å². The lowest BCUT2D eigenvalue weighted by atomic mass is 9.75. The lowest BCUT2D eigenvalue weighted by molar-refractivity contribution is -0.136. The number of amides is 1. The van der Waals surface area contributed by atoms with Crippen LogP contribution in [0.25, 0.3) is 0 Å². The van der Waals surface area contributed by atoms with Crippen molar-refractivity contribution in [3.8, 4) is 0 Å². The summed E-state index contributed by atoms with van der Waals surface area (Å²) in [5.41, 5.74) is 4.12. The molecule has 5 rings (SSSR count). The molecule has 7 nitrogen and oxygen atoms in total. The van der Waals surface area contributed by atoms with Crippen LogP contribution in [0.1, 0.15) is 97.6 Å². The fraction of sp³-hybridized carbons (Fsp3) is 0.567. The van der Waals surface area contributed by atoms with E-state index in [0.717, 1.165) is 43.2 Å². The van der Waals surface area contributed by atoms with Gasteiger partial charge in [0.05, 0.1) is 18.1 Å². The van der Waals surface area contributed by atoms with Crippen LogP contribution in [0.15, 0.2) is 46.6 Å². The highest BCUT2D eigenvalue weighted by Gasteiger charge is 2.51. The molecule has 3 fully saturated rings. The van der Waals surface area contributed by atoms with E-state index in [1.807, 2.05) is 18.2 Å². The number of hydrogen-bond donors (Lipinski definition) is 2. The number of allylic oxidation sites excluding steroid dienone is 2. The van der Waals surface area contributed by atoms with E-state index in [2.05, 4.69) is 22.4 Å². The minimum atomic E-state index is -0.789. The second-order valence-corrected chi connectivity index (χ2v) is 10.7. The first-order chi connectivity index (χ1) is 18.1. The van der Waals surface area contributed by atoms with Crippen molar-refractivity contribution in [1.82, 2.24) is 10.3 Å². The van der Waals surface area contributed by atoms with E-state index in [1.54, 1.807) is 5.57 Å². The average molecular weight is 507 g/mol. The quantitative estimate of drug-likeness (QED) is 0.304. The smallest absolute Gasteiger partial charge is 0.303 e. The molecule has 0 radical (unpaired) electrons. The molecular weight excluding hydrogens is 468 g/mol. The predicted octanol–water partition coefficient (Wildman–Crippen LogP) is 5.60. The Labute approximate surface area is 218 Å². The van der Waals surface area contributed by atoms with E-state index in [1.165, 1.54) is 38.4 Å². The highest BCUT2D eigenvalue weighted by atomic mass is 16.5. The number of carboxylic acids is 1. The lowest BCUT2D eigenvalue weighted by Gasteiger charge is -2.26. The molecule has 4 atom stereocenters. The molecule has 1 amide bonds. The Morgan fingerprint density at radius 1 is 1.08 bits per heavy atom. The number of benzene rings is 1. The van der Waals surface area contributed by atoms with E-state index in [9.17, 15) is 9.59 Å². The van der Waals surface area contributed by atoms with Gasteiger partial charge in [-0.15, -0.1) is 0 Å². The van der Waals surface area contributed by atoms with Gasteiger partial charge in [0.2, 0.25) is 5.89 Å². The van der Waals surface area contributed by atoms with Crippen LogP contribution in [-0.2, 0) is 22.4 Å². The summed E-state index contributed by atoms with van der Waals surface area (Å²) in [6, 6.07) is 8.06. The lowest BCUT2D eigenvalue weighted by Crippen LogP contribution is -2.28. The van der Waals surface area contributed by atoms with Crippen molar-refractivity contribution >= 4 is 11.9 Å². The zero-order valence-corrected chi connectivity index (χ0v) is 21.5. The van der Waals surface area contributed by atoms with Crippen molar-refractivity contribution in [1.29, 1.82) is 0 Å². The van der Waals surface area contributed by atoms with E-state index < -0.39 is 5.97 Å². The standard InChI is InChI=1S/C30H38N2O5/c33-27(34)16-13-21-11-4-5-12-22(21)18-23-25-14-15-26(37-25)28(23)30-32-24(19-36-30)29(35)31-17-7-6-10-20-8-2-1-3-9-20/h4-5,10-12,19,23,25-26,28H,1-3,6-9,13-18H2,(H,31,35)(H,33,34)/t23-,25-,26+,28-/m0/s1. The largest absolute Gasteiger partial charge is 0.481 e. The Kier molecular flexibility index (Phi) is 8.39. The Bertz CT molecular complexity index is 1110. The number of aryl methyl sites for hydroxylation is 1. The predicted molar refractivity (Wildman–Crippen MR) is 139 cm³/mol. The van der Waals surface area contributed by atoms with Gasteiger partial charge in [-0.25, -0.2) is 4.98 Å². The molecule has 2 aromatic rings. The first kappa shape index (κ1) is 25.7. The van der Waals surface area contributed by atoms with Crippen LogP contribution >= 0.6 is 0 Å². The van der Waals surface area contributed by atoms with Gasteiger partial charge < -0.3 is 19.6 Å². The second kappa shape index (κ2) is 12.1.